The molecule has 0 aliphatic rings. The molecule has 0 aliphatic heterocycles. The van der Waals surface area contributed by atoms with Gasteiger partial charge in [-0.15, -0.1) is 0 Å². The van der Waals surface area contributed by atoms with Crippen LogP contribution in [0.25, 0.3) is 0 Å². The molecule has 0 saturated heterocycles. The highest BCUT2D eigenvalue weighted by Crippen LogP contribution is 2.13. The van der Waals surface area contributed by atoms with Crippen molar-refractivity contribution in [1.82, 2.24) is 9.97 Å². The number of methoxy groups -OCH3 is 1. The topological polar surface area (TPSA) is 72.3 Å². The summed E-state index contributed by atoms with van der Waals surface area (Å²) >= 11 is 0. The van der Waals surface area contributed by atoms with Crippen LogP contribution in [0.3, 0.4) is 0 Å². The quantitative estimate of drug-likeness (QED) is 0.815. The highest BCUT2D eigenvalue weighted by Gasteiger charge is 2.09. The molecule has 1 heterocycles. The van der Waals surface area contributed by atoms with E-state index in [0.717, 1.165) is 17.0 Å². The van der Waals surface area contributed by atoms with Crippen molar-refractivity contribution in [2.24, 2.45) is 0 Å². The number of carboxylic acids is 1. The van der Waals surface area contributed by atoms with E-state index in [1.807, 2.05) is 13.8 Å². The van der Waals surface area contributed by atoms with Gasteiger partial charge in [0.05, 0.1) is 0 Å². The SMILES string of the molecule is COCc1nc(C)c(CCC(=O)O)c(C)n1. The lowest BCUT2D eigenvalue weighted by atomic mass is 10.1. The van der Waals surface area contributed by atoms with Gasteiger partial charge in [0.1, 0.15) is 6.61 Å². The predicted molar refractivity (Wildman–Crippen MR) is 58.2 cm³/mol. The molecule has 0 aliphatic carbocycles. The van der Waals surface area contributed by atoms with Crippen LogP contribution >= 0.6 is 0 Å². The molecular weight excluding hydrogens is 208 g/mol. The molecule has 5 heteroatoms. The van der Waals surface area contributed by atoms with Crippen molar-refractivity contribution in [3.8, 4) is 0 Å². The van der Waals surface area contributed by atoms with Crippen LogP contribution in [0.15, 0.2) is 0 Å². The van der Waals surface area contributed by atoms with Crippen LogP contribution < -0.4 is 0 Å². The number of ether oxygens (including phenoxy) is 1. The molecule has 0 unspecified atom stereocenters. The number of aliphatic carboxylic acids is 1. The number of hydrogen-bond acceptors (Lipinski definition) is 4. The number of nitrogens with zero attached hydrogens (tertiary/aromatic N) is 2. The number of carboxylic acid groups (broad SMARTS) is 1. The third kappa shape index (κ3) is 3.27. The highest BCUT2D eigenvalue weighted by atomic mass is 16.5. The third-order valence-corrected chi connectivity index (χ3v) is 2.33. The number of aryl methyl sites for hydroxylation is 2. The summed E-state index contributed by atoms with van der Waals surface area (Å²) in [6.07, 6.45) is 0.578. The molecule has 0 saturated carbocycles. The van der Waals surface area contributed by atoms with Gasteiger partial charge in [-0.2, -0.15) is 0 Å². The van der Waals surface area contributed by atoms with E-state index in [0.29, 0.717) is 18.9 Å². The molecule has 1 rings (SSSR count). The lowest BCUT2D eigenvalue weighted by Gasteiger charge is -2.09. The minimum absolute atomic E-state index is 0.106. The minimum Gasteiger partial charge on any atom is -0.481 e. The molecule has 0 spiro atoms. The van der Waals surface area contributed by atoms with Gasteiger partial charge < -0.3 is 9.84 Å². The standard InChI is InChI=1S/C11H16N2O3/c1-7-9(4-5-11(14)15)8(2)13-10(12-7)6-16-3/h4-6H2,1-3H3,(H,14,15). The van der Waals surface area contributed by atoms with Crippen molar-refractivity contribution in [3.05, 3.63) is 22.8 Å². The van der Waals surface area contributed by atoms with Crippen molar-refractivity contribution < 1.29 is 14.6 Å². The Morgan fingerprint density at radius 3 is 2.31 bits per heavy atom. The van der Waals surface area contributed by atoms with Crippen LogP contribution in [-0.2, 0) is 22.6 Å². The second-order valence-corrected chi connectivity index (χ2v) is 3.62. The molecule has 0 radical (unpaired) electrons. The Labute approximate surface area is 94.5 Å². The normalized spacial score (nSPS) is 10.4. The Morgan fingerprint density at radius 1 is 1.31 bits per heavy atom. The Balaban J connectivity index is 2.89. The van der Waals surface area contributed by atoms with Crippen molar-refractivity contribution in [1.29, 1.82) is 0 Å². The van der Waals surface area contributed by atoms with Gasteiger partial charge in [-0.25, -0.2) is 9.97 Å². The second kappa shape index (κ2) is 5.55. The molecule has 0 bridgehead atoms. The molecule has 88 valence electrons. The number of carbonyl (C=O) groups is 1. The van der Waals surface area contributed by atoms with Crippen LogP contribution in [-0.4, -0.2) is 28.2 Å². The third-order valence-electron chi connectivity index (χ3n) is 2.33. The van der Waals surface area contributed by atoms with Gasteiger partial charge in [0.2, 0.25) is 0 Å². The Morgan fingerprint density at radius 2 is 1.88 bits per heavy atom. The molecule has 5 nitrogen and oxygen atoms in total. The van der Waals surface area contributed by atoms with Gasteiger partial charge in [-0.1, -0.05) is 0 Å². The summed E-state index contributed by atoms with van der Waals surface area (Å²) < 4.78 is 4.96. The van der Waals surface area contributed by atoms with Crippen LogP contribution in [0.4, 0.5) is 0 Å². The fraction of sp³-hybridized carbons (Fsp3) is 0.545. The molecular formula is C11H16N2O3. The van der Waals surface area contributed by atoms with E-state index in [1.165, 1.54) is 0 Å². The molecule has 1 aromatic rings. The lowest BCUT2D eigenvalue weighted by molar-refractivity contribution is -0.136. The number of hydrogen-bond donors (Lipinski definition) is 1. The summed E-state index contributed by atoms with van der Waals surface area (Å²) in [6, 6.07) is 0. The first-order valence-electron chi connectivity index (χ1n) is 5.08. The van der Waals surface area contributed by atoms with E-state index < -0.39 is 5.97 Å². The van der Waals surface area contributed by atoms with Crippen LogP contribution in [0.1, 0.15) is 29.2 Å². The zero-order valence-electron chi connectivity index (χ0n) is 9.78. The summed E-state index contributed by atoms with van der Waals surface area (Å²) in [7, 11) is 1.59. The van der Waals surface area contributed by atoms with E-state index in [9.17, 15) is 4.79 Å². The van der Waals surface area contributed by atoms with E-state index in [2.05, 4.69) is 9.97 Å². The van der Waals surface area contributed by atoms with Crippen molar-refractivity contribution in [2.75, 3.05) is 7.11 Å². The highest BCUT2D eigenvalue weighted by molar-refractivity contribution is 5.67. The maximum Gasteiger partial charge on any atom is 0.303 e. The van der Waals surface area contributed by atoms with E-state index in [-0.39, 0.29) is 6.42 Å². The van der Waals surface area contributed by atoms with Gasteiger partial charge in [-0.05, 0) is 25.8 Å². The lowest BCUT2D eigenvalue weighted by Crippen LogP contribution is -2.08. The fourth-order valence-electron chi connectivity index (χ4n) is 1.60. The number of rotatable bonds is 5. The zero-order chi connectivity index (χ0) is 12.1. The fourth-order valence-corrected chi connectivity index (χ4v) is 1.60. The summed E-state index contributed by atoms with van der Waals surface area (Å²) in [5.41, 5.74) is 2.59. The Kier molecular flexibility index (Phi) is 4.37. The first kappa shape index (κ1) is 12.6. The summed E-state index contributed by atoms with van der Waals surface area (Å²) in [6.45, 7) is 4.11. The monoisotopic (exact) mass is 224 g/mol. The van der Waals surface area contributed by atoms with Crippen molar-refractivity contribution in [3.63, 3.8) is 0 Å². The zero-order valence-corrected chi connectivity index (χ0v) is 9.78. The smallest absolute Gasteiger partial charge is 0.303 e. The predicted octanol–water partition coefficient (Wildman–Crippen LogP) is 1.26. The summed E-state index contributed by atoms with van der Waals surface area (Å²) in [5.74, 6) is -0.170. The van der Waals surface area contributed by atoms with E-state index >= 15 is 0 Å². The van der Waals surface area contributed by atoms with Crippen molar-refractivity contribution >= 4 is 5.97 Å². The van der Waals surface area contributed by atoms with Gasteiger partial charge in [0, 0.05) is 24.9 Å². The maximum absolute atomic E-state index is 10.5. The van der Waals surface area contributed by atoms with E-state index in [4.69, 9.17) is 9.84 Å². The van der Waals surface area contributed by atoms with Gasteiger partial charge in [0.25, 0.3) is 0 Å². The summed E-state index contributed by atoms with van der Waals surface area (Å²) in [4.78, 5) is 19.0. The first-order chi connectivity index (χ1) is 7.54. The maximum atomic E-state index is 10.5. The Hall–Kier alpha value is -1.49. The number of aromatic nitrogens is 2. The molecule has 0 aromatic carbocycles. The average molecular weight is 224 g/mol. The molecule has 0 fully saturated rings. The molecule has 0 amide bonds. The Bertz CT molecular complexity index is 368. The van der Waals surface area contributed by atoms with Crippen LogP contribution in [0.2, 0.25) is 0 Å². The van der Waals surface area contributed by atoms with Crippen LogP contribution in [0, 0.1) is 13.8 Å². The summed E-state index contributed by atoms with van der Waals surface area (Å²) in [5, 5.41) is 8.63. The molecule has 16 heavy (non-hydrogen) atoms. The van der Waals surface area contributed by atoms with Crippen molar-refractivity contribution in [2.45, 2.75) is 33.3 Å². The molecule has 1 N–H and O–H groups in total. The van der Waals surface area contributed by atoms with Gasteiger partial charge >= 0.3 is 5.97 Å². The van der Waals surface area contributed by atoms with Gasteiger partial charge in [0.15, 0.2) is 5.82 Å². The van der Waals surface area contributed by atoms with Crippen LogP contribution in [0.5, 0.6) is 0 Å². The average Bonchev–Trinajstić information content (AvgIpc) is 2.16. The van der Waals surface area contributed by atoms with Gasteiger partial charge in [-0.3, -0.25) is 4.79 Å². The minimum atomic E-state index is -0.806. The molecule has 1 aromatic heterocycles. The first-order valence-corrected chi connectivity index (χ1v) is 5.08. The second-order valence-electron chi connectivity index (χ2n) is 3.62. The van der Waals surface area contributed by atoms with E-state index in [1.54, 1.807) is 7.11 Å². The molecule has 0 atom stereocenters. The largest absolute Gasteiger partial charge is 0.481 e.